The van der Waals surface area contributed by atoms with Gasteiger partial charge in [0.05, 0.1) is 42.0 Å². The monoisotopic (exact) mass is 867 g/mol. The number of imide groups is 1. The van der Waals surface area contributed by atoms with Crippen LogP contribution in [-0.2, 0) is 32.5 Å². The third kappa shape index (κ3) is 8.82. The van der Waals surface area contributed by atoms with Gasteiger partial charge in [-0.3, -0.25) is 19.2 Å². The molecule has 5 aliphatic heterocycles. The Morgan fingerprint density at radius 1 is 0.885 bits per heavy atom. The minimum atomic E-state index is -3.45. The molecule has 61 heavy (non-hydrogen) atoms. The third-order valence-electron chi connectivity index (χ3n) is 13.3. The molecule has 0 aliphatic carbocycles. The number of halogens is 1. The highest BCUT2D eigenvalue weighted by Crippen LogP contribution is 2.43. The van der Waals surface area contributed by atoms with Crippen LogP contribution >= 0.6 is 11.6 Å². The van der Waals surface area contributed by atoms with Crippen LogP contribution in [0.4, 0.5) is 40.2 Å². The highest BCUT2D eigenvalue weighted by Gasteiger charge is 2.32. The van der Waals surface area contributed by atoms with Crippen molar-refractivity contribution in [3.63, 3.8) is 0 Å². The molecule has 0 bridgehead atoms. The Bertz CT molecular complexity index is 2400. The minimum Gasteiger partial charge on any atom is -0.491 e. The smallest absolute Gasteiger partial charge is 0.234 e. The van der Waals surface area contributed by atoms with E-state index in [1.54, 1.807) is 0 Å². The molecule has 322 valence electrons. The van der Waals surface area contributed by atoms with E-state index in [4.69, 9.17) is 21.3 Å². The molecule has 1 aromatic heterocycles. The summed E-state index contributed by atoms with van der Waals surface area (Å²) in [6.07, 6.45) is 11.0. The van der Waals surface area contributed by atoms with Gasteiger partial charge in [0.2, 0.25) is 27.8 Å². The number of aromatic nitrogens is 2. The number of nitrogens with one attached hydrogen (secondary N) is 3. The lowest BCUT2D eigenvalue weighted by Gasteiger charge is -2.39. The lowest BCUT2D eigenvalue weighted by molar-refractivity contribution is -0.134. The molecule has 1 atom stereocenters. The quantitative estimate of drug-likeness (QED) is 0.132. The molecule has 0 spiro atoms. The summed E-state index contributed by atoms with van der Waals surface area (Å²) in [6.45, 7) is 6.18. The van der Waals surface area contributed by atoms with Crippen molar-refractivity contribution in [2.24, 2.45) is 5.92 Å². The summed E-state index contributed by atoms with van der Waals surface area (Å²) in [4.78, 5) is 40.6. The first-order valence-corrected chi connectivity index (χ1v) is 23.8. The Hall–Kier alpha value is -5.12. The van der Waals surface area contributed by atoms with Gasteiger partial charge in [-0.15, -0.1) is 0 Å². The van der Waals surface area contributed by atoms with Crippen molar-refractivity contribution >= 4 is 73.6 Å². The van der Waals surface area contributed by atoms with Crippen LogP contribution in [-0.4, -0.2) is 100 Å². The Morgan fingerprint density at radius 3 is 2.41 bits per heavy atom. The fourth-order valence-corrected chi connectivity index (χ4v) is 10.9. The number of amides is 2. The second-order valence-electron chi connectivity index (χ2n) is 17.1. The number of para-hydroxylation sites is 1. The average Bonchev–Trinajstić information content (AvgIpc) is 3.94. The Morgan fingerprint density at radius 2 is 1.66 bits per heavy atom. The van der Waals surface area contributed by atoms with Gasteiger partial charge in [-0.25, -0.2) is 13.4 Å². The van der Waals surface area contributed by atoms with Crippen LogP contribution < -0.4 is 34.8 Å². The Labute approximate surface area is 363 Å². The predicted molar refractivity (Wildman–Crippen MR) is 241 cm³/mol. The molecule has 2 amide bonds. The van der Waals surface area contributed by atoms with E-state index in [-0.39, 0.29) is 17.7 Å². The number of sulfonamides is 1. The number of nitrogens with zero attached hydrogens (tertiary/aromatic N) is 6. The Kier molecular flexibility index (Phi) is 11.7. The topological polar surface area (TPSA) is 152 Å². The number of ether oxygens (including phenoxy) is 1. The zero-order chi connectivity index (χ0) is 42.3. The van der Waals surface area contributed by atoms with Gasteiger partial charge in [0, 0.05) is 68.5 Å². The maximum atomic E-state index is 12.6. The van der Waals surface area contributed by atoms with Crippen LogP contribution in [0.2, 0.25) is 5.02 Å². The molecule has 14 nitrogen and oxygen atoms in total. The first-order chi connectivity index (χ1) is 29.5. The molecule has 4 aromatic rings. The van der Waals surface area contributed by atoms with Crippen LogP contribution in [0, 0.1) is 5.92 Å². The summed E-state index contributed by atoms with van der Waals surface area (Å²) in [7, 11) is -1.16. The fraction of sp³-hybridized carbons (Fsp3) is 0.467. The molecule has 5 aliphatic rings. The average molecular weight is 869 g/mol. The van der Waals surface area contributed by atoms with Crippen molar-refractivity contribution in [3.05, 3.63) is 82.5 Å². The molecule has 9 rings (SSSR count). The Balaban J connectivity index is 0.764. The zero-order valence-corrected chi connectivity index (χ0v) is 36.4. The van der Waals surface area contributed by atoms with Gasteiger partial charge in [0.25, 0.3) is 0 Å². The van der Waals surface area contributed by atoms with Crippen LogP contribution in [0.3, 0.4) is 0 Å². The van der Waals surface area contributed by atoms with E-state index in [1.807, 2.05) is 24.3 Å². The van der Waals surface area contributed by atoms with Crippen molar-refractivity contribution in [3.8, 4) is 5.75 Å². The van der Waals surface area contributed by atoms with Gasteiger partial charge < -0.3 is 30.1 Å². The summed E-state index contributed by atoms with van der Waals surface area (Å²) in [5.41, 5.74) is 7.58. The number of carbonyl (C=O) groups is 2. The zero-order valence-electron chi connectivity index (χ0n) is 34.8. The van der Waals surface area contributed by atoms with Gasteiger partial charge in [0.1, 0.15) is 10.8 Å². The second-order valence-corrected chi connectivity index (χ2v) is 19.4. The summed E-state index contributed by atoms with van der Waals surface area (Å²) in [5.74, 6) is 1.65. The van der Waals surface area contributed by atoms with E-state index in [9.17, 15) is 18.0 Å². The van der Waals surface area contributed by atoms with Gasteiger partial charge in [-0.1, -0.05) is 35.9 Å². The molecule has 0 radical (unpaired) electrons. The van der Waals surface area contributed by atoms with E-state index < -0.39 is 10.0 Å². The molecule has 3 aromatic carbocycles. The molecule has 16 heteroatoms. The lowest BCUT2D eigenvalue weighted by Crippen LogP contribution is -2.44. The standard InChI is InChI=1S/C45H54ClN9O5S/c1-52(21-14-29-15-22-53(23-16-29)33-8-6-30(7-9-33)34-10-13-40(56)50-44(34)57)32-18-24-54(25-19-32)39-12-11-38(42-35(39)20-27-60-42)49-45-47-28-36(46)43(51-45)48-37-5-3-4-31-17-26-55(41(31)37)61(2,58)59/h3-9,11-12,28-29,32,34H,10,13-27H2,1-2H3,(H,50,56,57)(H2,47,48,49,51). The molecule has 3 saturated heterocycles. The summed E-state index contributed by atoms with van der Waals surface area (Å²) in [6, 6.07) is 18.8. The van der Waals surface area contributed by atoms with Crippen LogP contribution in [0.5, 0.6) is 5.75 Å². The lowest BCUT2D eigenvalue weighted by atomic mass is 9.90. The number of benzene rings is 3. The number of carbonyl (C=O) groups excluding carboxylic acids is 2. The van der Waals surface area contributed by atoms with Gasteiger partial charge in [-0.2, -0.15) is 4.98 Å². The van der Waals surface area contributed by atoms with Crippen molar-refractivity contribution in [2.75, 3.05) is 83.9 Å². The third-order valence-corrected chi connectivity index (χ3v) is 14.7. The van der Waals surface area contributed by atoms with E-state index in [0.29, 0.717) is 66.6 Å². The SMILES string of the molecule is CN(CCC1CCN(c2ccc(C3CCC(=O)NC3=O)cc2)CC1)C1CCN(c2ccc(Nc3ncc(Cl)c(Nc4cccc5c4N(S(C)(=O)=O)CC5)n3)c3c2CCO3)CC1. The number of piperidine rings is 3. The molecule has 3 N–H and O–H groups in total. The maximum absolute atomic E-state index is 12.6. The highest BCUT2D eigenvalue weighted by atomic mass is 35.5. The molecular formula is C45H54ClN9O5S. The predicted octanol–water partition coefficient (Wildman–Crippen LogP) is 6.60. The molecule has 0 saturated carbocycles. The summed E-state index contributed by atoms with van der Waals surface area (Å²) < 4.78 is 32.7. The number of anilines is 7. The van der Waals surface area contributed by atoms with Crippen LogP contribution in [0.15, 0.2) is 60.8 Å². The van der Waals surface area contributed by atoms with Crippen LogP contribution in [0.25, 0.3) is 0 Å². The van der Waals surface area contributed by atoms with Gasteiger partial charge in [-0.05, 0) is 106 Å². The first kappa shape index (κ1) is 41.2. The van der Waals surface area contributed by atoms with Crippen molar-refractivity contribution in [2.45, 2.75) is 69.7 Å². The van der Waals surface area contributed by atoms with E-state index >= 15 is 0 Å². The molecule has 1 unspecified atom stereocenters. The molecule has 3 fully saturated rings. The minimum absolute atomic E-state index is 0.178. The number of rotatable bonds is 12. The summed E-state index contributed by atoms with van der Waals surface area (Å²) >= 11 is 6.56. The first-order valence-electron chi connectivity index (χ1n) is 21.6. The fourth-order valence-electron chi connectivity index (χ4n) is 9.82. The number of fused-ring (bicyclic) bond motifs is 2. The highest BCUT2D eigenvalue weighted by molar-refractivity contribution is 7.92. The van der Waals surface area contributed by atoms with Crippen molar-refractivity contribution < 1.29 is 22.7 Å². The molecular weight excluding hydrogens is 814 g/mol. The molecule has 6 heterocycles. The normalized spacial score (nSPS) is 19.8. The van der Waals surface area contributed by atoms with Gasteiger partial charge >= 0.3 is 0 Å². The van der Waals surface area contributed by atoms with E-state index in [0.717, 1.165) is 80.5 Å². The van der Waals surface area contributed by atoms with Crippen LogP contribution in [0.1, 0.15) is 67.6 Å². The maximum Gasteiger partial charge on any atom is 0.234 e. The van der Waals surface area contributed by atoms with Gasteiger partial charge in [0.15, 0.2) is 5.82 Å². The van der Waals surface area contributed by atoms with Crippen molar-refractivity contribution in [1.82, 2.24) is 20.2 Å². The largest absolute Gasteiger partial charge is 0.491 e. The second kappa shape index (κ2) is 17.3. The van der Waals surface area contributed by atoms with E-state index in [2.05, 4.69) is 73.0 Å². The summed E-state index contributed by atoms with van der Waals surface area (Å²) in [5, 5.41) is 9.42. The number of hydrogen-bond donors (Lipinski definition) is 3. The number of hydrogen-bond acceptors (Lipinski definition) is 12. The van der Waals surface area contributed by atoms with E-state index in [1.165, 1.54) is 53.0 Å². The van der Waals surface area contributed by atoms with Crippen molar-refractivity contribution in [1.29, 1.82) is 0 Å².